The number of hydrogen-bond acceptors (Lipinski definition) is 2. The maximum atomic E-state index is 6.29. The van der Waals surface area contributed by atoms with E-state index in [-0.39, 0.29) is 0 Å². The lowest BCUT2D eigenvalue weighted by Crippen LogP contribution is -2.05. The molecule has 0 aliphatic carbocycles. The summed E-state index contributed by atoms with van der Waals surface area (Å²) in [5.74, 6) is 0. The Bertz CT molecular complexity index is 1060. The molecule has 3 heteroatoms. The summed E-state index contributed by atoms with van der Waals surface area (Å²) >= 11 is 0. The zero-order valence-corrected chi connectivity index (χ0v) is 18.2. The van der Waals surface area contributed by atoms with Crippen molar-refractivity contribution in [3.63, 3.8) is 0 Å². The van der Waals surface area contributed by atoms with E-state index in [0.717, 1.165) is 34.6 Å². The maximum absolute atomic E-state index is 6.29. The fraction of sp³-hybridized carbons (Fsp3) is 0.250. The van der Waals surface area contributed by atoms with Crippen molar-refractivity contribution < 1.29 is 4.74 Å². The number of aromatic nitrogens is 2. The van der Waals surface area contributed by atoms with Crippen LogP contribution >= 0.6 is 0 Å². The van der Waals surface area contributed by atoms with Crippen LogP contribution in [0.3, 0.4) is 0 Å². The van der Waals surface area contributed by atoms with Gasteiger partial charge in [-0.15, -0.1) is 0 Å². The zero-order valence-electron chi connectivity index (χ0n) is 18.2. The molecular formula is C28H30N2O. The zero-order chi connectivity index (χ0) is 21.3. The third-order valence-electron chi connectivity index (χ3n) is 5.43. The highest BCUT2D eigenvalue weighted by Gasteiger charge is 2.22. The van der Waals surface area contributed by atoms with E-state index in [9.17, 15) is 0 Å². The summed E-state index contributed by atoms with van der Waals surface area (Å²) in [6.07, 6.45) is 6.03. The van der Waals surface area contributed by atoms with Crippen molar-refractivity contribution in [3.8, 4) is 34.2 Å². The minimum Gasteiger partial charge on any atom is -0.464 e. The Morgan fingerprint density at radius 3 is 1.90 bits per heavy atom. The van der Waals surface area contributed by atoms with E-state index in [4.69, 9.17) is 9.72 Å². The molecule has 31 heavy (non-hydrogen) atoms. The van der Waals surface area contributed by atoms with Crippen LogP contribution in [0.15, 0.2) is 91.0 Å². The van der Waals surface area contributed by atoms with Crippen LogP contribution < -0.4 is 4.74 Å². The summed E-state index contributed by atoms with van der Waals surface area (Å²) < 4.78 is 8.44. The second-order valence-electron chi connectivity index (χ2n) is 7.76. The van der Waals surface area contributed by atoms with Gasteiger partial charge in [-0.1, -0.05) is 111 Å². The first-order valence-corrected chi connectivity index (χ1v) is 11.3. The van der Waals surface area contributed by atoms with Gasteiger partial charge in [0.05, 0.1) is 18.0 Å². The van der Waals surface area contributed by atoms with E-state index in [1.54, 1.807) is 0 Å². The molecule has 0 fully saturated rings. The fourth-order valence-corrected chi connectivity index (χ4v) is 3.84. The average molecular weight is 411 g/mol. The Morgan fingerprint density at radius 1 is 0.677 bits per heavy atom. The van der Waals surface area contributed by atoms with Crippen LogP contribution in [0.2, 0.25) is 0 Å². The Balaban J connectivity index is 1.78. The number of nitrogens with zero attached hydrogens (tertiary/aromatic N) is 2. The van der Waals surface area contributed by atoms with Gasteiger partial charge in [0.25, 0.3) is 0 Å². The molecule has 0 N–H and O–H groups in total. The molecule has 0 unspecified atom stereocenters. The largest absolute Gasteiger partial charge is 0.464 e. The third kappa shape index (κ3) is 5.05. The predicted octanol–water partition coefficient (Wildman–Crippen LogP) is 7.56. The van der Waals surface area contributed by atoms with E-state index in [2.05, 4.69) is 84.3 Å². The Morgan fingerprint density at radius 2 is 1.26 bits per heavy atom. The van der Waals surface area contributed by atoms with Crippen LogP contribution in [0.4, 0.5) is 0 Å². The van der Waals surface area contributed by atoms with Crippen molar-refractivity contribution in [2.75, 3.05) is 6.61 Å². The molecule has 0 aliphatic heterocycles. The first-order valence-electron chi connectivity index (χ1n) is 11.3. The Labute approximate surface area is 185 Å². The highest BCUT2D eigenvalue weighted by atomic mass is 16.5. The summed E-state index contributed by atoms with van der Waals surface area (Å²) in [5, 5.41) is 0. The number of benzene rings is 3. The predicted molar refractivity (Wildman–Crippen MR) is 129 cm³/mol. The number of hydrogen-bond donors (Lipinski definition) is 0. The first kappa shape index (κ1) is 20.9. The molecule has 0 saturated heterocycles. The van der Waals surface area contributed by atoms with Crippen LogP contribution in [0.1, 0.15) is 39.0 Å². The molecule has 1 heterocycles. The molecule has 158 valence electrons. The minimum absolute atomic E-state index is 0.652. The van der Waals surface area contributed by atoms with Gasteiger partial charge in [-0.3, -0.25) is 4.57 Å². The topological polar surface area (TPSA) is 27.1 Å². The van der Waals surface area contributed by atoms with Crippen molar-refractivity contribution >= 4 is 0 Å². The summed E-state index contributed by atoms with van der Waals surface area (Å²) in [6.45, 7) is 2.92. The lowest BCUT2D eigenvalue weighted by atomic mass is 10.0. The molecule has 0 spiro atoms. The molecule has 4 rings (SSSR count). The van der Waals surface area contributed by atoms with Crippen LogP contribution in [-0.4, -0.2) is 16.2 Å². The number of ether oxygens (including phenoxy) is 1. The van der Waals surface area contributed by atoms with E-state index in [1.165, 1.54) is 25.7 Å². The summed E-state index contributed by atoms with van der Waals surface area (Å²) in [6, 6.07) is 31.8. The van der Waals surface area contributed by atoms with Crippen LogP contribution in [0, 0.1) is 0 Å². The van der Waals surface area contributed by atoms with Gasteiger partial charge in [-0.05, 0) is 18.6 Å². The molecule has 0 atom stereocenters. The van der Waals surface area contributed by atoms with Crippen LogP contribution in [0.5, 0.6) is 6.01 Å². The number of unbranched alkanes of at least 4 members (excludes halogenated alkanes) is 4. The van der Waals surface area contributed by atoms with Gasteiger partial charge >= 0.3 is 6.01 Å². The summed E-state index contributed by atoms with van der Waals surface area (Å²) in [4.78, 5) is 5.01. The number of rotatable bonds is 10. The summed E-state index contributed by atoms with van der Waals surface area (Å²) in [7, 11) is 0. The molecule has 0 amide bonds. The first-order chi connectivity index (χ1) is 15.4. The van der Waals surface area contributed by atoms with E-state index in [0.29, 0.717) is 12.6 Å². The molecule has 0 bridgehead atoms. The maximum Gasteiger partial charge on any atom is 0.302 e. The molecule has 0 radical (unpaired) electrons. The van der Waals surface area contributed by atoms with E-state index in [1.807, 2.05) is 18.2 Å². The third-order valence-corrected chi connectivity index (χ3v) is 5.43. The van der Waals surface area contributed by atoms with Crippen molar-refractivity contribution in [1.29, 1.82) is 0 Å². The van der Waals surface area contributed by atoms with Gasteiger partial charge in [0, 0.05) is 11.1 Å². The second-order valence-corrected chi connectivity index (χ2v) is 7.76. The molecule has 1 aromatic heterocycles. The standard InChI is InChI=1S/C28H30N2O/c1-2-3-4-5-15-22-31-28-29-26(23-16-9-6-10-17-23)27(24-18-11-7-12-19-24)30(28)25-20-13-8-14-21-25/h6-14,16-21H,2-5,15,22H2,1H3. The monoisotopic (exact) mass is 410 g/mol. The van der Waals surface area contributed by atoms with Crippen LogP contribution in [-0.2, 0) is 0 Å². The molecule has 0 saturated carbocycles. The minimum atomic E-state index is 0.652. The smallest absolute Gasteiger partial charge is 0.302 e. The number of para-hydroxylation sites is 1. The Hall–Kier alpha value is -3.33. The van der Waals surface area contributed by atoms with Crippen molar-refractivity contribution in [2.45, 2.75) is 39.0 Å². The molecular weight excluding hydrogens is 380 g/mol. The molecule has 3 aromatic carbocycles. The fourth-order valence-electron chi connectivity index (χ4n) is 3.84. The van der Waals surface area contributed by atoms with Crippen LogP contribution in [0.25, 0.3) is 28.2 Å². The van der Waals surface area contributed by atoms with Crippen molar-refractivity contribution in [2.24, 2.45) is 0 Å². The molecule has 4 aromatic rings. The molecule has 3 nitrogen and oxygen atoms in total. The average Bonchev–Trinajstić information content (AvgIpc) is 3.22. The van der Waals surface area contributed by atoms with E-state index < -0.39 is 0 Å². The van der Waals surface area contributed by atoms with Gasteiger partial charge < -0.3 is 4.74 Å². The van der Waals surface area contributed by atoms with Crippen molar-refractivity contribution in [1.82, 2.24) is 9.55 Å². The van der Waals surface area contributed by atoms with Gasteiger partial charge in [0.1, 0.15) is 5.69 Å². The van der Waals surface area contributed by atoms with E-state index >= 15 is 0 Å². The summed E-state index contributed by atoms with van der Waals surface area (Å²) in [5.41, 5.74) is 5.26. The Kier molecular flexibility index (Phi) is 7.17. The molecule has 0 aliphatic rings. The van der Waals surface area contributed by atoms with Gasteiger partial charge in [0.2, 0.25) is 0 Å². The highest BCUT2D eigenvalue weighted by Crippen LogP contribution is 2.37. The van der Waals surface area contributed by atoms with Gasteiger partial charge in [-0.2, -0.15) is 4.98 Å². The SMILES string of the molecule is CCCCCCCOc1nc(-c2ccccc2)c(-c2ccccc2)n1-c1ccccc1. The lowest BCUT2D eigenvalue weighted by Gasteiger charge is -2.13. The second kappa shape index (κ2) is 10.6. The highest BCUT2D eigenvalue weighted by molar-refractivity contribution is 5.81. The van der Waals surface area contributed by atoms with Gasteiger partial charge in [0.15, 0.2) is 0 Å². The lowest BCUT2D eigenvalue weighted by molar-refractivity contribution is 0.278. The quantitative estimate of drug-likeness (QED) is 0.252. The van der Waals surface area contributed by atoms with Gasteiger partial charge in [-0.25, -0.2) is 0 Å². The van der Waals surface area contributed by atoms with Crippen molar-refractivity contribution in [3.05, 3.63) is 91.0 Å². The normalized spacial score (nSPS) is 10.9. The number of imidazole rings is 1.